The Kier molecular flexibility index (Phi) is 8.40. The van der Waals surface area contributed by atoms with E-state index in [1.807, 2.05) is 20.8 Å². The van der Waals surface area contributed by atoms with Crippen LogP contribution in [0.15, 0.2) is 0 Å². The number of carbonyl (C=O) groups is 1. The molecule has 0 amide bonds. The van der Waals surface area contributed by atoms with Crippen molar-refractivity contribution in [2.75, 3.05) is 13.1 Å². The number of hydrazine groups is 1. The molecule has 16 heavy (non-hydrogen) atoms. The standard InChI is InChI=1S/C10H20N2O2.2ClH/c1-10(2,3)14-9(13)8-5-4-6-12(11)7-8;;/h8H,4-7,11H2,1-3H3;2*1H/t8-;;/m1../s1. The molecule has 0 aromatic rings. The zero-order valence-corrected chi connectivity index (χ0v) is 11.7. The van der Waals surface area contributed by atoms with Gasteiger partial charge in [-0.2, -0.15) is 0 Å². The second-order valence-electron chi connectivity index (χ2n) is 4.87. The molecule has 2 N–H and O–H groups in total. The Balaban J connectivity index is 0. The lowest BCUT2D eigenvalue weighted by atomic mass is 9.99. The molecule has 1 saturated heterocycles. The van der Waals surface area contributed by atoms with Crippen LogP contribution < -0.4 is 5.84 Å². The van der Waals surface area contributed by atoms with Gasteiger partial charge in [-0.1, -0.05) is 0 Å². The lowest BCUT2D eigenvalue weighted by molar-refractivity contribution is -0.161. The van der Waals surface area contributed by atoms with Crippen molar-refractivity contribution in [2.24, 2.45) is 11.8 Å². The molecule has 6 heteroatoms. The Bertz CT molecular complexity index is 219. The van der Waals surface area contributed by atoms with E-state index in [1.54, 1.807) is 5.01 Å². The largest absolute Gasteiger partial charge is 0.460 e. The van der Waals surface area contributed by atoms with Crippen LogP contribution >= 0.6 is 24.8 Å². The first kappa shape index (κ1) is 18.3. The van der Waals surface area contributed by atoms with Gasteiger partial charge in [0.2, 0.25) is 0 Å². The minimum absolute atomic E-state index is 0. The molecule has 0 radical (unpaired) electrons. The molecule has 0 spiro atoms. The summed E-state index contributed by atoms with van der Waals surface area (Å²) in [7, 11) is 0. The average molecular weight is 273 g/mol. The Morgan fingerprint density at radius 2 is 1.94 bits per heavy atom. The maximum Gasteiger partial charge on any atom is 0.310 e. The van der Waals surface area contributed by atoms with Crippen molar-refractivity contribution in [1.29, 1.82) is 0 Å². The van der Waals surface area contributed by atoms with Gasteiger partial charge in [0.05, 0.1) is 5.92 Å². The first-order chi connectivity index (χ1) is 6.38. The number of hydrogen-bond donors (Lipinski definition) is 1. The van der Waals surface area contributed by atoms with Crippen LogP contribution in [0, 0.1) is 5.92 Å². The third kappa shape index (κ3) is 6.53. The molecule has 4 nitrogen and oxygen atoms in total. The van der Waals surface area contributed by atoms with Crippen molar-refractivity contribution >= 4 is 30.8 Å². The van der Waals surface area contributed by atoms with Crippen LogP contribution in [-0.2, 0) is 9.53 Å². The first-order valence-corrected chi connectivity index (χ1v) is 5.11. The zero-order chi connectivity index (χ0) is 10.8. The number of rotatable bonds is 1. The fourth-order valence-corrected chi connectivity index (χ4v) is 1.58. The molecule has 0 aliphatic carbocycles. The Morgan fingerprint density at radius 1 is 1.38 bits per heavy atom. The van der Waals surface area contributed by atoms with E-state index in [9.17, 15) is 4.79 Å². The van der Waals surface area contributed by atoms with Crippen molar-refractivity contribution in [3.05, 3.63) is 0 Å². The van der Waals surface area contributed by atoms with E-state index in [0.29, 0.717) is 6.54 Å². The molecule has 1 rings (SSSR count). The summed E-state index contributed by atoms with van der Waals surface area (Å²) in [5.74, 6) is 5.49. The quantitative estimate of drug-likeness (QED) is 0.584. The first-order valence-electron chi connectivity index (χ1n) is 5.11. The summed E-state index contributed by atoms with van der Waals surface area (Å²) in [6, 6.07) is 0. The average Bonchev–Trinajstić information content (AvgIpc) is 2.01. The van der Waals surface area contributed by atoms with Crippen molar-refractivity contribution in [1.82, 2.24) is 5.01 Å². The van der Waals surface area contributed by atoms with Crippen LogP contribution in [0.25, 0.3) is 0 Å². The lowest BCUT2D eigenvalue weighted by Crippen LogP contribution is -2.44. The van der Waals surface area contributed by atoms with E-state index in [1.165, 1.54) is 0 Å². The monoisotopic (exact) mass is 272 g/mol. The van der Waals surface area contributed by atoms with Gasteiger partial charge in [-0.05, 0) is 33.6 Å². The van der Waals surface area contributed by atoms with E-state index < -0.39 is 5.60 Å². The topological polar surface area (TPSA) is 55.6 Å². The molecular formula is C10H22Cl2N2O2. The zero-order valence-electron chi connectivity index (χ0n) is 10.1. The molecule has 0 saturated carbocycles. The number of esters is 1. The number of ether oxygens (including phenoxy) is 1. The number of nitrogens with zero attached hydrogens (tertiary/aromatic N) is 1. The predicted octanol–water partition coefficient (Wildman–Crippen LogP) is 1.76. The molecule has 0 unspecified atom stereocenters. The summed E-state index contributed by atoms with van der Waals surface area (Å²) in [5.41, 5.74) is -0.395. The molecule has 1 aliphatic rings. The Morgan fingerprint density at radius 3 is 2.38 bits per heavy atom. The second kappa shape index (κ2) is 7.33. The van der Waals surface area contributed by atoms with Gasteiger partial charge >= 0.3 is 5.97 Å². The highest BCUT2D eigenvalue weighted by Gasteiger charge is 2.28. The van der Waals surface area contributed by atoms with Crippen LogP contribution in [0.2, 0.25) is 0 Å². The summed E-state index contributed by atoms with van der Waals surface area (Å²) in [6.45, 7) is 7.14. The second-order valence-corrected chi connectivity index (χ2v) is 4.87. The molecule has 0 bridgehead atoms. The fourth-order valence-electron chi connectivity index (χ4n) is 1.58. The molecule has 98 valence electrons. The fraction of sp³-hybridized carbons (Fsp3) is 0.900. The molecule has 1 aliphatic heterocycles. The minimum atomic E-state index is -0.395. The van der Waals surface area contributed by atoms with Crippen molar-refractivity contribution in [3.8, 4) is 0 Å². The molecule has 0 aromatic heterocycles. The van der Waals surface area contributed by atoms with Gasteiger partial charge in [-0.15, -0.1) is 24.8 Å². The summed E-state index contributed by atoms with van der Waals surface area (Å²) in [5, 5.41) is 1.69. The van der Waals surface area contributed by atoms with Gasteiger partial charge in [0.1, 0.15) is 5.60 Å². The summed E-state index contributed by atoms with van der Waals surface area (Å²) >= 11 is 0. The van der Waals surface area contributed by atoms with Crippen LogP contribution in [0.5, 0.6) is 0 Å². The number of piperidine rings is 1. The molecule has 1 atom stereocenters. The highest BCUT2D eigenvalue weighted by atomic mass is 35.5. The summed E-state index contributed by atoms with van der Waals surface area (Å²) < 4.78 is 5.30. The van der Waals surface area contributed by atoms with Gasteiger partial charge < -0.3 is 4.74 Å². The van der Waals surface area contributed by atoms with Gasteiger partial charge in [0.25, 0.3) is 0 Å². The normalized spacial score (nSPS) is 21.6. The number of carbonyl (C=O) groups excluding carboxylic acids is 1. The SMILES string of the molecule is CC(C)(C)OC(=O)[C@@H]1CCCN(N)C1.Cl.Cl. The van der Waals surface area contributed by atoms with Gasteiger partial charge in [-0.3, -0.25) is 10.6 Å². The minimum Gasteiger partial charge on any atom is -0.460 e. The Labute approximate surface area is 110 Å². The predicted molar refractivity (Wildman–Crippen MR) is 68.8 cm³/mol. The molecule has 1 fully saturated rings. The lowest BCUT2D eigenvalue weighted by Gasteiger charge is -2.30. The maximum atomic E-state index is 11.7. The number of nitrogens with two attached hydrogens (primary N) is 1. The Hall–Kier alpha value is -0.0300. The highest BCUT2D eigenvalue weighted by Crippen LogP contribution is 2.18. The van der Waals surface area contributed by atoms with Crippen LogP contribution in [0.4, 0.5) is 0 Å². The van der Waals surface area contributed by atoms with E-state index >= 15 is 0 Å². The van der Waals surface area contributed by atoms with Crippen LogP contribution in [-0.4, -0.2) is 29.7 Å². The maximum absolute atomic E-state index is 11.7. The highest BCUT2D eigenvalue weighted by molar-refractivity contribution is 5.85. The van der Waals surface area contributed by atoms with Crippen LogP contribution in [0.1, 0.15) is 33.6 Å². The van der Waals surface area contributed by atoms with E-state index in [-0.39, 0.29) is 36.7 Å². The third-order valence-electron chi connectivity index (χ3n) is 2.19. The van der Waals surface area contributed by atoms with E-state index in [0.717, 1.165) is 19.4 Å². The third-order valence-corrected chi connectivity index (χ3v) is 2.19. The van der Waals surface area contributed by atoms with Crippen molar-refractivity contribution in [2.45, 2.75) is 39.2 Å². The van der Waals surface area contributed by atoms with Crippen LogP contribution in [0.3, 0.4) is 0 Å². The van der Waals surface area contributed by atoms with E-state index in [2.05, 4.69) is 0 Å². The molecular weight excluding hydrogens is 251 g/mol. The molecule has 0 aromatic carbocycles. The molecule has 1 heterocycles. The van der Waals surface area contributed by atoms with Gasteiger partial charge in [0, 0.05) is 13.1 Å². The number of hydrogen-bond acceptors (Lipinski definition) is 4. The van der Waals surface area contributed by atoms with E-state index in [4.69, 9.17) is 10.6 Å². The smallest absolute Gasteiger partial charge is 0.310 e. The summed E-state index contributed by atoms with van der Waals surface area (Å²) in [6.07, 6.45) is 1.86. The van der Waals surface area contributed by atoms with Crippen molar-refractivity contribution in [3.63, 3.8) is 0 Å². The van der Waals surface area contributed by atoms with Crippen molar-refractivity contribution < 1.29 is 9.53 Å². The van der Waals surface area contributed by atoms with Gasteiger partial charge in [0.15, 0.2) is 0 Å². The number of halogens is 2. The van der Waals surface area contributed by atoms with Gasteiger partial charge in [-0.25, -0.2) is 5.01 Å². The summed E-state index contributed by atoms with van der Waals surface area (Å²) in [4.78, 5) is 11.7.